The van der Waals surface area contributed by atoms with E-state index in [9.17, 15) is 0 Å². The zero-order valence-corrected chi connectivity index (χ0v) is 13.3. The molecule has 0 radical (unpaired) electrons. The van der Waals surface area contributed by atoms with Gasteiger partial charge in [-0.1, -0.05) is 19.1 Å². The summed E-state index contributed by atoms with van der Waals surface area (Å²) in [6.45, 7) is 7.98. The van der Waals surface area contributed by atoms with Crippen molar-refractivity contribution >= 4 is 30.5 Å². The van der Waals surface area contributed by atoms with Crippen LogP contribution in [0.15, 0.2) is 24.3 Å². The highest BCUT2D eigenvalue weighted by Crippen LogP contribution is 2.28. The van der Waals surface area contributed by atoms with Gasteiger partial charge in [0.15, 0.2) is 0 Å². The third-order valence-corrected chi connectivity index (χ3v) is 3.34. The van der Waals surface area contributed by atoms with Crippen molar-refractivity contribution in [3.8, 4) is 5.75 Å². The van der Waals surface area contributed by atoms with Crippen molar-refractivity contribution in [3.05, 3.63) is 24.3 Å². The third kappa shape index (κ3) is 4.75. The molecule has 0 N–H and O–H groups in total. The van der Waals surface area contributed by atoms with Crippen LogP contribution in [0, 0.1) is 0 Å². The van der Waals surface area contributed by atoms with Gasteiger partial charge in [0.1, 0.15) is 5.75 Å². The van der Waals surface area contributed by atoms with Crippen LogP contribution in [0.1, 0.15) is 13.3 Å². The maximum atomic E-state index is 5.42. The smallest absolute Gasteiger partial charge is 0.142 e. The summed E-state index contributed by atoms with van der Waals surface area (Å²) in [5.74, 6) is 0.983. The number of piperazine rings is 1. The van der Waals surface area contributed by atoms with E-state index in [-0.39, 0.29) is 24.8 Å². The van der Waals surface area contributed by atoms with Crippen molar-refractivity contribution in [3.63, 3.8) is 0 Å². The highest BCUT2D eigenvalue weighted by molar-refractivity contribution is 5.85. The van der Waals surface area contributed by atoms with Gasteiger partial charge in [-0.15, -0.1) is 24.8 Å². The van der Waals surface area contributed by atoms with Crippen molar-refractivity contribution in [1.82, 2.24) is 4.90 Å². The van der Waals surface area contributed by atoms with Gasteiger partial charge in [0.2, 0.25) is 0 Å². The van der Waals surface area contributed by atoms with E-state index in [1.165, 1.54) is 18.7 Å². The Morgan fingerprint density at radius 3 is 2.26 bits per heavy atom. The van der Waals surface area contributed by atoms with Gasteiger partial charge in [0.25, 0.3) is 0 Å². The Kier molecular flexibility index (Phi) is 8.98. The average molecular weight is 307 g/mol. The van der Waals surface area contributed by atoms with Crippen LogP contribution in [0.5, 0.6) is 5.75 Å². The molecule has 0 bridgehead atoms. The SMILES string of the molecule is CCCN1CCN(c2ccccc2OC)CC1.Cl.Cl. The first-order chi connectivity index (χ1) is 8.35. The second-order valence-corrected chi connectivity index (χ2v) is 4.50. The van der Waals surface area contributed by atoms with Crippen molar-refractivity contribution in [2.24, 2.45) is 0 Å². The van der Waals surface area contributed by atoms with Crippen LogP contribution < -0.4 is 9.64 Å². The van der Waals surface area contributed by atoms with Crippen molar-refractivity contribution in [1.29, 1.82) is 0 Å². The molecule has 1 heterocycles. The molecular formula is C14H24Cl2N2O. The molecule has 0 aromatic heterocycles. The van der Waals surface area contributed by atoms with Crippen molar-refractivity contribution in [2.75, 3.05) is 44.7 Å². The number of ether oxygens (including phenoxy) is 1. The zero-order chi connectivity index (χ0) is 12.1. The number of hydrogen-bond acceptors (Lipinski definition) is 3. The molecule has 0 spiro atoms. The van der Waals surface area contributed by atoms with E-state index in [4.69, 9.17) is 4.74 Å². The maximum Gasteiger partial charge on any atom is 0.142 e. The lowest BCUT2D eigenvalue weighted by Gasteiger charge is -2.36. The van der Waals surface area contributed by atoms with Gasteiger partial charge in [-0.05, 0) is 25.1 Å². The Bertz CT molecular complexity index is 355. The molecule has 0 saturated carbocycles. The van der Waals surface area contributed by atoms with Crippen LogP contribution in [0.25, 0.3) is 0 Å². The predicted octanol–water partition coefficient (Wildman–Crippen LogP) is 3.07. The Morgan fingerprint density at radius 1 is 1.05 bits per heavy atom. The van der Waals surface area contributed by atoms with E-state index < -0.39 is 0 Å². The molecule has 5 heteroatoms. The topological polar surface area (TPSA) is 15.7 Å². The molecule has 1 fully saturated rings. The Balaban J connectivity index is 0.00000162. The Labute approximate surface area is 128 Å². The predicted molar refractivity (Wildman–Crippen MR) is 86.4 cm³/mol. The minimum absolute atomic E-state index is 0. The highest BCUT2D eigenvalue weighted by atomic mass is 35.5. The van der Waals surface area contributed by atoms with Gasteiger partial charge in [0.05, 0.1) is 12.8 Å². The lowest BCUT2D eigenvalue weighted by Crippen LogP contribution is -2.46. The fraction of sp³-hybridized carbons (Fsp3) is 0.571. The number of methoxy groups -OCH3 is 1. The van der Waals surface area contributed by atoms with Gasteiger partial charge in [0, 0.05) is 26.2 Å². The summed E-state index contributed by atoms with van der Waals surface area (Å²) in [6.07, 6.45) is 1.24. The number of para-hydroxylation sites is 2. The second-order valence-electron chi connectivity index (χ2n) is 4.50. The number of halogens is 2. The minimum Gasteiger partial charge on any atom is -0.495 e. The standard InChI is InChI=1S/C14H22N2O.2ClH/c1-3-8-15-9-11-16(12-10-15)13-6-4-5-7-14(13)17-2;;/h4-7H,3,8-12H2,1-2H3;2*1H. The van der Waals surface area contributed by atoms with Crippen LogP contribution >= 0.6 is 24.8 Å². The normalized spacial score (nSPS) is 15.4. The molecule has 1 aromatic rings. The zero-order valence-electron chi connectivity index (χ0n) is 11.7. The number of anilines is 1. The molecule has 1 aromatic carbocycles. The van der Waals surface area contributed by atoms with Gasteiger partial charge >= 0.3 is 0 Å². The van der Waals surface area contributed by atoms with Crippen molar-refractivity contribution < 1.29 is 4.74 Å². The Hall–Kier alpha value is -0.640. The molecule has 2 rings (SSSR count). The van der Waals surface area contributed by atoms with E-state index in [0.29, 0.717) is 0 Å². The molecule has 110 valence electrons. The molecule has 19 heavy (non-hydrogen) atoms. The first-order valence-electron chi connectivity index (χ1n) is 6.45. The van der Waals surface area contributed by atoms with Crippen LogP contribution in [0.4, 0.5) is 5.69 Å². The largest absolute Gasteiger partial charge is 0.495 e. The molecule has 0 aliphatic carbocycles. The molecule has 1 aliphatic heterocycles. The first kappa shape index (κ1) is 18.4. The quantitative estimate of drug-likeness (QED) is 0.850. The highest BCUT2D eigenvalue weighted by Gasteiger charge is 2.18. The number of benzene rings is 1. The number of hydrogen-bond donors (Lipinski definition) is 0. The first-order valence-corrected chi connectivity index (χ1v) is 6.45. The maximum absolute atomic E-state index is 5.42. The molecule has 1 saturated heterocycles. The van der Waals surface area contributed by atoms with Gasteiger partial charge in [-0.2, -0.15) is 0 Å². The second kappa shape index (κ2) is 9.29. The fourth-order valence-corrected chi connectivity index (χ4v) is 2.42. The fourth-order valence-electron chi connectivity index (χ4n) is 2.42. The molecule has 1 aliphatic rings. The van der Waals surface area contributed by atoms with E-state index in [2.05, 4.69) is 28.9 Å². The van der Waals surface area contributed by atoms with Crippen LogP contribution in [0.3, 0.4) is 0 Å². The molecular weight excluding hydrogens is 283 g/mol. The summed E-state index contributed by atoms with van der Waals surface area (Å²) in [7, 11) is 1.74. The van der Waals surface area contributed by atoms with Crippen LogP contribution in [-0.2, 0) is 0 Å². The van der Waals surface area contributed by atoms with Gasteiger partial charge < -0.3 is 9.64 Å². The van der Waals surface area contributed by atoms with Gasteiger partial charge in [-0.25, -0.2) is 0 Å². The summed E-state index contributed by atoms with van der Waals surface area (Å²) in [6, 6.07) is 8.29. The van der Waals surface area contributed by atoms with E-state index in [1.54, 1.807) is 7.11 Å². The number of nitrogens with zero attached hydrogens (tertiary/aromatic N) is 2. The molecule has 0 unspecified atom stereocenters. The summed E-state index contributed by atoms with van der Waals surface area (Å²) < 4.78 is 5.42. The summed E-state index contributed by atoms with van der Waals surface area (Å²) in [4.78, 5) is 4.96. The van der Waals surface area contributed by atoms with Crippen LogP contribution in [0.2, 0.25) is 0 Å². The minimum atomic E-state index is 0. The monoisotopic (exact) mass is 306 g/mol. The lowest BCUT2D eigenvalue weighted by atomic mass is 10.2. The number of rotatable bonds is 4. The lowest BCUT2D eigenvalue weighted by molar-refractivity contribution is 0.257. The molecule has 3 nitrogen and oxygen atoms in total. The van der Waals surface area contributed by atoms with E-state index in [0.717, 1.165) is 31.9 Å². The van der Waals surface area contributed by atoms with E-state index >= 15 is 0 Å². The summed E-state index contributed by atoms with van der Waals surface area (Å²) >= 11 is 0. The third-order valence-electron chi connectivity index (χ3n) is 3.34. The van der Waals surface area contributed by atoms with Crippen molar-refractivity contribution in [2.45, 2.75) is 13.3 Å². The molecule has 0 atom stereocenters. The van der Waals surface area contributed by atoms with Crippen LogP contribution in [-0.4, -0.2) is 44.7 Å². The summed E-state index contributed by atoms with van der Waals surface area (Å²) in [5, 5.41) is 0. The molecule has 0 amide bonds. The summed E-state index contributed by atoms with van der Waals surface area (Å²) in [5.41, 5.74) is 1.23. The average Bonchev–Trinajstić information content (AvgIpc) is 2.40. The van der Waals surface area contributed by atoms with Gasteiger partial charge in [-0.3, -0.25) is 4.90 Å². The Morgan fingerprint density at radius 2 is 1.68 bits per heavy atom. The van der Waals surface area contributed by atoms with E-state index in [1.807, 2.05) is 12.1 Å².